The molecule has 0 aromatic heterocycles. The molecular weight excluding hydrogens is 256 g/mol. The van der Waals surface area contributed by atoms with E-state index in [0.29, 0.717) is 0 Å². The molecule has 19 heavy (non-hydrogen) atoms. The zero-order valence-corrected chi connectivity index (χ0v) is 11.8. The van der Waals surface area contributed by atoms with Crippen molar-refractivity contribution in [1.29, 1.82) is 0 Å². The van der Waals surface area contributed by atoms with Gasteiger partial charge >= 0.3 is 0 Å². The van der Waals surface area contributed by atoms with Crippen molar-refractivity contribution in [2.24, 2.45) is 5.84 Å². The first-order valence-electron chi connectivity index (χ1n) is 6.47. The van der Waals surface area contributed by atoms with Crippen LogP contribution in [0.1, 0.15) is 29.2 Å². The molecule has 0 amide bonds. The van der Waals surface area contributed by atoms with Crippen molar-refractivity contribution < 1.29 is 0 Å². The highest BCUT2D eigenvalue weighted by atomic mass is 35.5. The van der Waals surface area contributed by atoms with Crippen molar-refractivity contribution in [1.82, 2.24) is 5.43 Å². The molecule has 2 aromatic carbocycles. The van der Waals surface area contributed by atoms with Crippen LogP contribution >= 0.6 is 11.6 Å². The maximum absolute atomic E-state index is 5.90. The fourth-order valence-corrected chi connectivity index (χ4v) is 2.36. The highest BCUT2D eigenvalue weighted by molar-refractivity contribution is 6.30. The Bertz CT molecular complexity index is 523. The number of hydrazine groups is 1. The average Bonchev–Trinajstić information content (AvgIpc) is 2.43. The van der Waals surface area contributed by atoms with Gasteiger partial charge in [0.2, 0.25) is 0 Å². The molecule has 1 unspecified atom stereocenters. The number of nitrogens with one attached hydrogen (secondary N) is 1. The van der Waals surface area contributed by atoms with Crippen molar-refractivity contribution in [3.8, 4) is 0 Å². The van der Waals surface area contributed by atoms with Crippen LogP contribution in [0.4, 0.5) is 0 Å². The summed E-state index contributed by atoms with van der Waals surface area (Å²) in [5.41, 5.74) is 6.75. The van der Waals surface area contributed by atoms with Crippen LogP contribution in [0.5, 0.6) is 0 Å². The van der Waals surface area contributed by atoms with E-state index in [9.17, 15) is 0 Å². The summed E-state index contributed by atoms with van der Waals surface area (Å²) in [6.07, 6.45) is 1.97. The quantitative estimate of drug-likeness (QED) is 0.643. The molecule has 0 fully saturated rings. The molecule has 0 aliphatic rings. The number of nitrogens with two attached hydrogens (primary N) is 1. The molecule has 1 atom stereocenters. The van der Waals surface area contributed by atoms with Gasteiger partial charge in [-0.05, 0) is 48.6 Å². The molecule has 0 bridgehead atoms. The summed E-state index contributed by atoms with van der Waals surface area (Å²) >= 11 is 5.90. The molecule has 3 N–H and O–H groups in total. The summed E-state index contributed by atoms with van der Waals surface area (Å²) in [7, 11) is 0. The Morgan fingerprint density at radius 1 is 1.11 bits per heavy atom. The summed E-state index contributed by atoms with van der Waals surface area (Å²) in [6.45, 7) is 2.14. The number of rotatable bonds is 5. The molecule has 2 aromatic rings. The summed E-state index contributed by atoms with van der Waals surface area (Å²) in [6, 6.07) is 16.4. The van der Waals surface area contributed by atoms with E-state index in [1.54, 1.807) is 0 Å². The van der Waals surface area contributed by atoms with Crippen molar-refractivity contribution >= 4 is 11.6 Å². The van der Waals surface area contributed by atoms with Crippen LogP contribution in [-0.2, 0) is 6.42 Å². The minimum absolute atomic E-state index is 0.150. The van der Waals surface area contributed by atoms with Crippen LogP contribution in [0.15, 0.2) is 48.5 Å². The molecule has 100 valence electrons. The average molecular weight is 275 g/mol. The maximum atomic E-state index is 5.90. The van der Waals surface area contributed by atoms with Crippen LogP contribution in [0.25, 0.3) is 0 Å². The SMILES string of the molecule is Cc1ccccc1CCC(NN)c1ccc(Cl)cc1. The monoisotopic (exact) mass is 274 g/mol. The Hall–Kier alpha value is -1.35. The van der Waals surface area contributed by atoms with Crippen LogP contribution < -0.4 is 11.3 Å². The lowest BCUT2D eigenvalue weighted by atomic mass is 9.97. The Morgan fingerprint density at radius 3 is 2.42 bits per heavy atom. The maximum Gasteiger partial charge on any atom is 0.0463 e. The van der Waals surface area contributed by atoms with E-state index in [1.165, 1.54) is 16.7 Å². The van der Waals surface area contributed by atoms with Gasteiger partial charge in [-0.25, -0.2) is 0 Å². The highest BCUT2D eigenvalue weighted by Gasteiger charge is 2.10. The molecule has 0 aliphatic carbocycles. The van der Waals surface area contributed by atoms with Crippen molar-refractivity contribution in [2.75, 3.05) is 0 Å². The third kappa shape index (κ3) is 3.80. The highest BCUT2D eigenvalue weighted by Crippen LogP contribution is 2.21. The molecule has 2 rings (SSSR count). The summed E-state index contributed by atoms with van der Waals surface area (Å²) < 4.78 is 0. The van der Waals surface area contributed by atoms with Gasteiger partial charge in [-0.1, -0.05) is 48.0 Å². The number of hydrogen-bond donors (Lipinski definition) is 2. The molecule has 3 heteroatoms. The van der Waals surface area contributed by atoms with Gasteiger partial charge in [-0.15, -0.1) is 0 Å². The second kappa shape index (κ2) is 6.71. The summed E-state index contributed by atoms with van der Waals surface area (Å²) in [5.74, 6) is 5.66. The van der Waals surface area contributed by atoms with E-state index in [1.807, 2.05) is 24.3 Å². The molecule has 0 aliphatic heterocycles. The van der Waals surface area contributed by atoms with Crippen molar-refractivity contribution in [2.45, 2.75) is 25.8 Å². The van der Waals surface area contributed by atoms with Crippen LogP contribution in [-0.4, -0.2) is 0 Å². The van der Waals surface area contributed by atoms with Gasteiger partial charge < -0.3 is 0 Å². The standard InChI is InChI=1S/C16H19ClN2/c1-12-4-2-3-5-13(12)8-11-16(19-18)14-6-9-15(17)10-7-14/h2-7,9-10,16,19H,8,11,18H2,1H3. The minimum atomic E-state index is 0.150. The third-order valence-corrected chi connectivity index (χ3v) is 3.69. The lowest BCUT2D eigenvalue weighted by Gasteiger charge is -2.17. The van der Waals surface area contributed by atoms with E-state index >= 15 is 0 Å². The van der Waals surface area contributed by atoms with Crippen LogP contribution in [0, 0.1) is 6.92 Å². The summed E-state index contributed by atoms with van der Waals surface area (Å²) in [5, 5.41) is 0.749. The van der Waals surface area contributed by atoms with E-state index in [0.717, 1.165) is 17.9 Å². The van der Waals surface area contributed by atoms with Gasteiger partial charge in [0, 0.05) is 11.1 Å². The number of halogens is 1. The Balaban J connectivity index is 2.04. The minimum Gasteiger partial charge on any atom is -0.271 e. The van der Waals surface area contributed by atoms with E-state index < -0.39 is 0 Å². The molecule has 0 radical (unpaired) electrons. The topological polar surface area (TPSA) is 38.0 Å². The van der Waals surface area contributed by atoms with Gasteiger partial charge in [0.1, 0.15) is 0 Å². The van der Waals surface area contributed by atoms with Crippen molar-refractivity contribution in [3.63, 3.8) is 0 Å². The van der Waals surface area contributed by atoms with Gasteiger partial charge in [-0.2, -0.15) is 0 Å². The second-order valence-electron chi connectivity index (χ2n) is 4.74. The normalized spacial score (nSPS) is 12.4. The van der Waals surface area contributed by atoms with Gasteiger partial charge in [0.15, 0.2) is 0 Å². The molecule has 0 heterocycles. The molecule has 0 saturated carbocycles. The Morgan fingerprint density at radius 2 is 1.79 bits per heavy atom. The number of hydrogen-bond acceptors (Lipinski definition) is 2. The van der Waals surface area contributed by atoms with Crippen molar-refractivity contribution in [3.05, 3.63) is 70.2 Å². The fourth-order valence-electron chi connectivity index (χ4n) is 2.23. The smallest absolute Gasteiger partial charge is 0.0463 e. The van der Waals surface area contributed by atoms with E-state index in [-0.39, 0.29) is 6.04 Å². The lowest BCUT2D eigenvalue weighted by Crippen LogP contribution is -2.28. The molecule has 0 saturated heterocycles. The number of aryl methyl sites for hydroxylation is 2. The van der Waals surface area contributed by atoms with Gasteiger partial charge in [0.05, 0.1) is 0 Å². The van der Waals surface area contributed by atoms with Crippen LogP contribution in [0.2, 0.25) is 5.02 Å². The largest absolute Gasteiger partial charge is 0.271 e. The zero-order chi connectivity index (χ0) is 13.7. The Kier molecular flexibility index (Phi) is 4.97. The predicted octanol–water partition coefficient (Wildman–Crippen LogP) is 3.79. The first-order chi connectivity index (χ1) is 9.20. The zero-order valence-electron chi connectivity index (χ0n) is 11.1. The first kappa shape index (κ1) is 14.1. The molecule has 2 nitrogen and oxygen atoms in total. The van der Waals surface area contributed by atoms with E-state index in [4.69, 9.17) is 17.4 Å². The third-order valence-electron chi connectivity index (χ3n) is 3.44. The fraction of sp³-hybridized carbons (Fsp3) is 0.250. The van der Waals surface area contributed by atoms with Crippen LogP contribution in [0.3, 0.4) is 0 Å². The first-order valence-corrected chi connectivity index (χ1v) is 6.84. The van der Waals surface area contributed by atoms with Gasteiger partial charge in [0.25, 0.3) is 0 Å². The Labute approximate surface area is 119 Å². The second-order valence-corrected chi connectivity index (χ2v) is 5.17. The number of benzene rings is 2. The summed E-state index contributed by atoms with van der Waals surface area (Å²) in [4.78, 5) is 0. The molecule has 0 spiro atoms. The molecular formula is C16H19ClN2. The lowest BCUT2D eigenvalue weighted by molar-refractivity contribution is 0.516. The van der Waals surface area contributed by atoms with E-state index in [2.05, 4.69) is 36.6 Å². The predicted molar refractivity (Wildman–Crippen MR) is 81.0 cm³/mol. The van der Waals surface area contributed by atoms with Gasteiger partial charge in [-0.3, -0.25) is 11.3 Å².